The molecule has 0 aliphatic carbocycles. The first-order valence-corrected chi connectivity index (χ1v) is 9.97. The number of rotatable bonds is 9. The zero-order chi connectivity index (χ0) is 19.8. The fourth-order valence-corrected chi connectivity index (χ4v) is 3.38. The smallest absolute Gasteiger partial charge is 0.268 e. The Labute approximate surface area is 167 Å². The predicted molar refractivity (Wildman–Crippen MR) is 114 cm³/mol. The largest absolute Gasteiger partial charge is 0.347 e. The van der Waals surface area contributed by atoms with Crippen molar-refractivity contribution in [2.45, 2.75) is 33.5 Å². The number of amides is 1. The summed E-state index contributed by atoms with van der Waals surface area (Å²) < 4.78 is 1.99. The quantitative estimate of drug-likeness (QED) is 0.605. The Balaban J connectivity index is 1.66. The molecule has 0 unspecified atom stereocenters. The highest BCUT2D eigenvalue weighted by molar-refractivity contribution is 5.92. The monoisotopic (exact) mass is 375 g/mol. The van der Waals surface area contributed by atoms with Crippen molar-refractivity contribution in [3.8, 4) is 0 Å². The molecule has 0 saturated heterocycles. The van der Waals surface area contributed by atoms with E-state index in [0.717, 1.165) is 19.6 Å². The molecule has 3 rings (SSSR count). The van der Waals surface area contributed by atoms with Gasteiger partial charge in [0.1, 0.15) is 5.69 Å². The summed E-state index contributed by atoms with van der Waals surface area (Å²) in [7, 11) is 0. The molecule has 2 aromatic carbocycles. The number of nitrogens with one attached hydrogen (secondary N) is 1. The highest BCUT2D eigenvalue weighted by atomic mass is 16.1. The molecule has 28 heavy (non-hydrogen) atoms. The molecular weight excluding hydrogens is 346 g/mol. The molecule has 0 atom stereocenters. The van der Waals surface area contributed by atoms with Gasteiger partial charge in [-0.05, 0) is 41.9 Å². The third-order valence-electron chi connectivity index (χ3n) is 5.10. The van der Waals surface area contributed by atoms with Crippen molar-refractivity contribution in [3.63, 3.8) is 0 Å². The predicted octanol–water partition coefficient (Wildman–Crippen LogP) is 4.31. The lowest BCUT2D eigenvalue weighted by atomic mass is 10.1. The molecule has 0 spiro atoms. The molecular formula is C24H29N3O. The van der Waals surface area contributed by atoms with Crippen LogP contribution >= 0.6 is 0 Å². The highest BCUT2D eigenvalue weighted by Gasteiger charge is 2.12. The highest BCUT2D eigenvalue weighted by Crippen LogP contribution is 2.13. The number of carbonyl (C=O) groups is 1. The van der Waals surface area contributed by atoms with E-state index in [0.29, 0.717) is 18.8 Å². The van der Waals surface area contributed by atoms with E-state index in [-0.39, 0.29) is 5.91 Å². The number of carbonyl (C=O) groups excluding carboxylic acids is 1. The van der Waals surface area contributed by atoms with Crippen LogP contribution < -0.4 is 5.32 Å². The zero-order valence-corrected chi connectivity index (χ0v) is 16.8. The van der Waals surface area contributed by atoms with Gasteiger partial charge in [-0.15, -0.1) is 0 Å². The van der Waals surface area contributed by atoms with Crippen molar-refractivity contribution >= 4 is 5.91 Å². The second kappa shape index (κ2) is 9.90. The van der Waals surface area contributed by atoms with Gasteiger partial charge in [0, 0.05) is 25.8 Å². The molecule has 3 aromatic rings. The Morgan fingerprint density at radius 2 is 1.57 bits per heavy atom. The first-order chi connectivity index (χ1) is 13.7. The Bertz CT molecular complexity index is 882. The summed E-state index contributed by atoms with van der Waals surface area (Å²) in [5.74, 6) is -0.0430. The van der Waals surface area contributed by atoms with E-state index >= 15 is 0 Å². The van der Waals surface area contributed by atoms with Crippen LogP contribution in [0.3, 0.4) is 0 Å². The summed E-state index contributed by atoms with van der Waals surface area (Å²) >= 11 is 0. The summed E-state index contributed by atoms with van der Waals surface area (Å²) in [5.41, 5.74) is 4.30. The maximum absolute atomic E-state index is 12.8. The molecule has 0 aliphatic heterocycles. The van der Waals surface area contributed by atoms with Crippen molar-refractivity contribution in [1.82, 2.24) is 14.8 Å². The van der Waals surface area contributed by atoms with Crippen molar-refractivity contribution in [1.29, 1.82) is 0 Å². The first kappa shape index (κ1) is 19.9. The van der Waals surface area contributed by atoms with Gasteiger partial charge in [-0.2, -0.15) is 0 Å². The first-order valence-electron chi connectivity index (χ1n) is 9.97. The van der Waals surface area contributed by atoms with E-state index in [1.807, 2.05) is 47.2 Å². The van der Waals surface area contributed by atoms with Crippen molar-refractivity contribution in [2.24, 2.45) is 0 Å². The molecule has 0 fully saturated rings. The average molecular weight is 376 g/mol. The molecule has 146 valence electrons. The third-order valence-corrected chi connectivity index (χ3v) is 5.10. The molecule has 4 nitrogen and oxygen atoms in total. The van der Waals surface area contributed by atoms with E-state index < -0.39 is 0 Å². The fourth-order valence-electron chi connectivity index (χ4n) is 3.38. The standard InChI is InChI=1S/C24H29N3O/c1-3-26(4-2)19-22-14-9-8-13-21(22)17-25-24(28)23-15-10-16-27(23)18-20-11-6-5-7-12-20/h5-16H,3-4,17-19H2,1-2H3,(H,25,28). The number of nitrogens with zero attached hydrogens (tertiary/aromatic N) is 2. The third kappa shape index (κ3) is 5.11. The molecule has 4 heteroatoms. The number of aromatic nitrogens is 1. The van der Waals surface area contributed by atoms with Gasteiger partial charge in [-0.3, -0.25) is 9.69 Å². The minimum absolute atomic E-state index is 0.0430. The van der Waals surface area contributed by atoms with Gasteiger partial charge in [-0.1, -0.05) is 68.4 Å². The van der Waals surface area contributed by atoms with E-state index in [1.54, 1.807) is 0 Å². The minimum atomic E-state index is -0.0430. The second-order valence-corrected chi connectivity index (χ2v) is 6.92. The van der Waals surface area contributed by atoms with Gasteiger partial charge in [0.25, 0.3) is 5.91 Å². The molecule has 0 radical (unpaired) electrons. The van der Waals surface area contributed by atoms with Crippen LogP contribution in [0, 0.1) is 0 Å². The van der Waals surface area contributed by atoms with Crippen LogP contribution in [0.4, 0.5) is 0 Å². The summed E-state index contributed by atoms with van der Waals surface area (Å²) in [5, 5.41) is 3.10. The molecule has 1 aromatic heterocycles. The summed E-state index contributed by atoms with van der Waals surface area (Å²) in [4.78, 5) is 15.2. The Kier molecular flexibility index (Phi) is 7.04. The number of hydrogen-bond acceptors (Lipinski definition) is 2. The summed E-state index contributed by atoms with van der Waals surface area (Å²) in [6, 6.07) is 22.3. The van der Waals surface area contributed by atoms with Gasteiger partial charge < -0.3 is 9.88 Å². The van der Waals surface area contributed by atoms with Crippen LogP contribution in [-0.2, 0) is 19.6 Å². The topological polar surface area (TPSA) is 37.3 Å². The Morgan fingerprint density at radius 1 is 0.893 bits per heavy atom. The number of benzene rings is 2. The van der Waals surface area contributed by atoms with Crippen LogP contribution in [0.15, 0.2) is 72.9 Å². The van der Waals surface area contributed by atoms with Crippen molar-refractivity contribution in [3.05, 3.63) is 95.3 Å². The minimum Gasteiger partial charge on any atom is -0.347 e. The van der Waals surface area contributed by atoms with Gasteiger partial charge in [0.05, 0.1) is 0 Å². The molecule has 1 N–H and O–H groups in total. The van der Waals surface area contributed by atoms with Crippen LogP contribution in [0.1, 0.15) is 41.0 Å². The molecule has 1 heterocycles. The van der Waals surface area contributed by atoms with Gasteiger partial charge in [0.15, 0.2) is 0 Å². The van der Waals surface area contributed by atoms with E-state index in [4.69, 9.17) is 0 Å². The summed E-state index contributed by atoms with van der Waals surface area (Å²) in [6.45, 7) is 8.52. The van der Waals surface area contributed by atoms with Crippen LogP contribution in [-0.4, -0.2) is 28.5 Å². The summed E-state index contributed by atoms with van der Waals surface area (Å²) in [6.07, 6.45) is 1.95. The lowest BCUT2D eigenvalue weighted by Crippen LogP contribution is -2.27. The Hall–Kier alpha value is -2.85. The molecule has 0 bridgehead atoms. The average Bonchev–Trinajstić information content (AvgIpc) is 3.20. The van der Waals surface area contributed by atoms with E-state index in [2.05, 4.69) is 54.4 Å². The fraction of sp³-hybridized carbons (Fsp3) is 0.292. The zero-order valence-electron chi connectivity index (χ0n) is 16.8. The lowest BCUT2D eigenvalue weighted by Gasteiger charge is -2.20. The maximum Gasteiger partial charge on any atom is 0.268 e. The SMILES string of the molecule is CCN(CC)Cc1ccccc1CNC(=O)c1cccn1Cc1ccccc1. The normalized spacial score (nSPS) is 11.0. The van der Waals surface area contributed by atoms with Gasteiger partial charge >= 0.3 is 0 Å². The Morgan fingerprint density at radius 3 is 2.29 bits per heavy atom. The van der Waals surface area contributed by atoms with Gasteiger partial charge in [-0.25, -0.2) is 0 Å². The van der Waals surface area contributed by atoms with Crippen LogP contribution in [0.25, 0.3) is 0 Å². The molecule has 1 amide bonds. The van der Waals surface area contributed by atoms with E-state index in [9.17, 15) is 4.79 Å². The van der Waals surface area contributed by atoms with E-state index in [1.165, 1.54) is 16.7 Å². The maximum atomic E-state index is 12.8. The van der Waals surface area contributed by atoms with Crippen LogP contribution in [0.5, 0.6) is 0 Å². The van der Waals surface area contributed by atoms with Crippen molar-refractivity contribution in [2.75, 3.05) is 13.1 Å². The van der Waals surface area contributed by atoms with Crippen LogP contribution in [0.2, 0.25) is 0 Å². The second-order valence-electron chi connectivity index (χ2n) is 6.92. The van der Waals surface area contributed by atoms with Gasteiger partial charge in [0.2, 0.25) is 0 Å². The number of hydrogen-bond donors (Lipinski definition) is 1. The van der Waals surface area contributed by atoms with Crippen molar-refractivity contribution < 1.29 is 4.79 Å². The lowest BCUT2D eigenvalue weighted by molar-refractivity contribution is 0.0942. The molecule has 0 saturated carbocycles. The molecule has 0 aliphatic rings.